The highest BCUT2D eigenvalue weighted by atomic mass is 32.2. The molecule has 0 unspecified atom stereocenters. The highest BCUT2D eigenvalue weighted by Crippen LogP contribution is 2.25. The number of benzene rings is 1. The summed E-state index contributed by atoms with van der Waals surface area (Å²) in [5, 5.41) is 11.9. The molecule has 1 aliphatic rings. The first-order chi connectivity index (χ1) is 8.56. The third kappa shape index (κ3) is 3.50. The fourth-order valence-corrected chi connectivity index (χ4v) is 2.52. The topological polar surface area (TPSA) is 66.4 Å². The van der Waals surface area contributed by atoms with Gasteiger partial charge in [-0.2, -0.15) is 0 Å². The molecule has 18 heavy (non-hydrogen) atoms. The van der Waals surface area contributed by atoms with Crippen molar-refractivity contribution in [3.63, 3.8) is 0 Å². The van der Waals surface area contributed by atoms with Crippen molar-refractivity contribution in [2.24, 2.45) is 0 Å². The second kappa shape index (κ2) is 5.44. The summed E-state index contributed by atoms with van der Waals surface area (Å²) in [5.41, 5.74) is 1.25. The van der Waals surface area contributed by atoms with Crippen molar-refractivity contribution in [3.8, 4) is 0 Å². The average Bonchev–Trinajstić information content (AvgIpc) is 3.10. The number of carboxylic acids is 1. The molecule has 0 heterocycles. The minimum absolute atomic E-state index is 0.0275. The van der Waals surface area contributed by atoms with Gasteiger partial charge in [0.2, 0.25) is 5.91 Å². The number of carbonyl (C=O) groups excluding carboxylic acids is 1. The van der Waals surface area contributed by atoms with E-state index in [4.69, 9.17) is 5.11 Å². The normalized spacial score (nSPS) is 14.3. The van der Waals surface area contributed by atoms with Crippen molar-refractivity contribution in [1.29, 1.82) is 0 Å². The second-order valence-electron chi connectivity index (χ2n) is 4.44. The maximum absolute atomic E-state index is 11.6. The lowest BCUT2D eigenvalue weighted by atomic mass is 10.1. The fraction of sp³-hybridized carbons (Fsp3) is 0.385. The van der Waals surface area contributed by atoms with E-state index in [2.05, 4.69) is 5.32 Å². The lowest BCUT2D eigenvalue weighted by molar-refractivity contribution is -0.118. The smallest absolute Gasteiger partial charge is 0.336 e. The van der Waals surface area contributed by atoms with Crippen LogP contribution in [0.4, 0.5) is 0 Å². The van der Waals surface area contributed by atoms with Crippen molar-refractivity contribution in [1.82, 2.24) is 5.32 Å². The molecular weight excluding hydrogens is 250 g/mol. The summed E-state index contributed by atoms with van der Waals surface area (Å²) in [5.74, 6) is -0.722. The van der Waals surface area contributed by atoms with Crippen LogP contribution in [0.2, 0.25) is 0 Å². The van der Waals surface area contributed by atoms with Gasteiger partial charge in [0.05, 0.1) is 11.3 Å². The summed E-state index contributed by atoms with van der Waals surface area (Å²) in [6.07, 6.45) is 2.11. The SMILES string of the molecule is Cc1ccc(C(=O)O)c(SCC(=O)NC2CC2)c1. The highest BCUT2D eigenvalue weighted by Gasteiger charge is 2.23. The number of hydrogen-bond donors (Lipinski definition) is 2. The molecule has 0 radical (unpaired) electrons. The Bertz CT molecular complexity index is 483. The van der Waals surface area contributed by atoms with Crippen molar-refractivity contribution < 1.29 is 14.7 Å². The van der Waals surface area contributed by atoms with E-state index in [0.29, 0.717) is 10.9 Å². The summed E-state index contributed by atoms with van der Waals surface area (Å²) in [7, 11) is 0. The Labute approximate surface area is 110 Å². The van der Waals surface area contributed by atoms with E-state index in [1.54, 1.807) is 18.2 Å². The number of nitrogens with one attached hydrogen (secondary N) is 1. The molecule has 96 valence electrons. The van der Waals surface area contributed by atoms with Crippen molar-refractivity contribution in [2.75, 3.05) is 5.75 Å². The largest absolute Gasteiger partial charge is 0.478 e. The Morgan fingerprint density at radius 1 is 1.44 bits per heavy atom. The number of aromatic carboxylic acids is 1. The first kappa shape index (κ1) is 13.0. The van der Waals surface area contributed by atoms with Gasteiger partial charge < -0.3 is 10.4 Å². The zero-order valence-electron chi connectivity index (χ0n) is 10.1. The number of carboxylic acid groups (broad SMARTS) is 1. The molecule has 1 fully saturated rings. The quantitative estimate of drug-likeness (QED) is 0.800. The number of amides is 1. The molecular formula is C13H15NO3S. The minimum atomic E-state index is -0.958. The Hall–Kier alpha value is -1.49. The molecule has 2 N–H and O–H groups in total. The summed E-state index contributed by atoms with van der Waals surface area (Å²) >= 11 is 1.27. The van der Waals surface area contributed by atoms with E-state index < -0.39 is 5.97 Å². The minimum Gasteiger partial charge on any atom is -0.478 e. The van der Waals surface area contributed by atoms with Crippen molar-refractivity contribution in [3.05, 3.63) is 29.3 Å². The van der Waals surface area contributed by atoms with E-state index in [1.165, 1.54) is 11.8 Å². The molecule has 0 spiro atoms. The predicted octanol–water partition coefficient (Wildman–Crippen LogP) is 2.06. The highest BCUT2D eigenvalue weighted by molar-refractivity contribution is 8.00. The average molecular weight is 265 g/mol. The Morgan fingerprint density at radius 3 is 2.78 bits per heavy atom. The summed E-state index contributed by atoms with van der Waals surface area (Å²) in [4.78, 5) is 23.3. The van der Waals surface area contributed by atoms with Crippen molar-refractivity contribution in [2.45, 2.75) is 30.7 Å². The Balaban J connectivity index is 2.00. The second-order valence-corrected chi connectivity index (χ2v) is 5.45. The number of carbonyl (C=O) groups is 2. The van der Waals surface area contributed by atoms with Crippen LogP contribution in [-0.2, 0) is 4.79 Å². The van der Waals surface area contributed by atoms with E-state index in [9.17, 15) is 9.59 Å². The van der Waals surface area contributed by atoms with Crippen LogP contribution in [-0.4, -0.2) is 28.8 Å². The molecule has 0 bridgehead atoms. The fourth-order valence-electron chi connectivity index (χ4n) is 1.57. The van der Waals surface area contributed by atoms with Gasteiger partial charge in [-0.3, -0.25) is 4.79 Å². The molecule has 1 aliphatic carbocycles. The van der Waals surface area contributed by atoms with Crippen LogP contribution in [0.25, 0.3) is 0 Å². The van der Waals surface area contributed by atoms with Crippen LogP contribution in [0.1, 0.15) is 28.8 Å². The van der Waals surface area contributed by atoms with Gasteiger partial charge in [-0.25, -0.2) is 4.79 Å². The first-order valence-electron chi connectivity index (χ1n) is 5.82. The zero-order chi connectivity index (χ0) is 13.1. The third-order valence-corrected chi connectivity index (χ3v) is 3.72. The Morgan fingerprint density at radius 2 is 2.17 bits per heavy atom. The third-order valence-electron chi connectivity index (χ3n) is 2.67. The maximum atomic E-state index is 11.6. The van der Waals surface area contributed by atoms with Crippen LogP contribution in [0, 0.1) is 6.92 Å². The van der Waals surface area contributed by atoms with E-state index >= 15 is 0 Å². The van der Waals surface area contributed by atoms with Crippen LogP contribution in [0.15, 0.2) is 23.1 Å². The van der Waals surface area contributed by atoms with Crippen LogP contribution in [0.5, 0.6) is 0 Å². The van der Waals surface area contributed by atoms with Crippen LogP contribution in [0.3, 0.4) is 0 Å². The first-order valence-corrected chi connectivity index (χ1v) is 6.81. The van der Waals surface area contributed by atoms with E-state index in [0.717, 1.165) is 18.4 Å². The van der Waals surface area contributed by atoms with Gasteiger partial charge in [0.15, 0.2) is 0 Å². The standard InChI is InChI=1S/C13H15NO3S/c1-8-2-5-10(13(16)17)11(6-8)18-7-12(15)14-9-3-4-9/h2,5-6,9H,3-4,7H2,1H3,(H,14,15)(H,16,17). The van der Waals surface area contributed by atoms with Gasteiger partial charge in [-0.1, -0.05) is 6.07 Å². The van der Waals surface area contributed by atoms with Gasteiger partial charge in [-0.15, -0.1) is 11.8 Å². The number of rotatable bonds is 5. The molecule has 4 nitrogen and oxygen atoms in total. The summed E-state index contributed by atoms with van der Waals surface area (Å²) < 4.78 is 0. The Kier molecular flexibility index (Phi) is 3.91. The lowest BCUT2D eigenvalue weighted by Gasteiger charge is -2.07. The predicted molar refractivity (Wildman–Crippen MR) is 70.0 cm³/mol. The summed E-state index contributed by atoms with van der Waals surface area (Å²) in [6, 6.07) is 5.49. The van der Waals surface area contributed by atoms with Gasteiger partial charge in [0.25, 0.3) is 0 Å². The molecule has 1 aromatic rings. The van der Waals surface area contributed by atoms with Gasteiger partial charge in [-0.05, 0) is 37.5 Å². The van der Waals surface area contributed by atoms with E-state index in [1.807, 2.05) is 6.92 Å². The molecule has 1 aromatic carbocycles. The molecule has 0 aliphatic heterocycles. The van der Waals surface area contributed by atoms with Crippen molar-refractivity contribution >= 4 is 23.6 Å². The van der Waals surface area contributed by atoms with Gasteiger partial charge in [0, 0.05) is 10.9 Å². The lowest BCUT2D eigenvalue weighted by Crippen LogP contribution is -2.27. The van der Waals surface area contributed by atoms with Crippen LogP contribution < -0.4 is 5.32 Å². The van der Waals surface area contributed by atoms with Crippen LogP contribution >= 0.6 is 11.8 Å². The molecule has 0 atom stereocenters. The monoisotopic (exact) mass is 265 g/mol. The van der Waals surface area contributed by atoms with E-state index in [-0.39, 0.29) is 17.2 Å². The maximum Gasteiger partial charge on any atom is 0.336 e. The molecule has 0 saturated heterocycles. The van der Waals surface area contributed by atoms with Gasteiger partial charge >= 0.3 is 5.97 Å². The zero-order valence-corrected chi connectivity index (χ0v) is 10.9. The molecule has 5 heteroatoms. The van der Waals surface area contributed by atoms with Gasteiger partial charge in [0.1, 0.15) is 0 Å². The molecule has 1 amide bonds. The number of hydrogen-bond acceptors (Lipinski definition) is 3. The summed E-state index contributed by atoms with van der Waals surface area (Å²) in [6.45, 7) is 1.90. The molecule has 0 aromatic heterocycles. The number of thioether (sulfide) groups is 1. The number of aryl methyl sites for hydroxylation is 1. The molecule has 2 rings (SSSR count). The molecule has 1 saturated carbocycles.